The Bertz CT molecular complexity index is 163. The van der Waals surface area contributed by atoms with Crippen LogP contribution in [-0.2, 0) is 0 Å². The minimum absolute atomic E-state index is 0.189. The van der Waals surface area contributed by atoms with Crippen LogP contribution in [0.1, 0.15) is 25.7 Å². The van der Waals surface area contributed by atoms with Crippen molar-refractivity contribution in [3.8, 4) is 0 Å². The van der Waals surface area contributed by atoms with Crippen LogP contribution < -0.4 is 5.32 Å². The number of halogens is 1. The van der Waals surface area contributed by atoms with E-state index in [2.05, 4.69) is 10.2 Å². The van der Waals surface area contributed by atoms with E-state index in [9.17, 15) is 4.39 Å². The highest BCUT2D eigenvalue weighted by Gasteiger charge is 2.23. The van der Waals surface area contributed by atoms with Crippen LogP contribution in [0.3, 0.4) is 0 Å². The first-order valence-corrected chi connectivity index (χ1v) is 5.90. The lowest BCUT2D eigenvalue weighted by Gasteiger charge is -2.31. The molecule has 0 aromatic heterocycles. The van der Waals surface area contributed by atoms with Gasteiger partial charge in [-0.15, -0.1) is 0 Å². The number of hydrogen-bond donors (Lipinski definition) is 1. The minimum Gasteiger partial charge on any atom is -0.314 e. The molecule has 1 N–H and O–H groups in total. The van der Waals surface area contributed by atoms with Crippen LogP contribution in [0.15, 0.2) is 0 Å². The zero-order chi connectivity index (χ0) is 9.80. The average Bonchev–Trinajstić information content (AvgIpc) is 3.01. The van der Waals surface area contributed by atoms with Gasteiger partial charge in [0, 0.05) is 12.6 Å². The van der Waals surface area contributed by atoms with Gasteiger partial charge in [0.1, 0.15) is 6.67 Å². The molecule has 0 spiro atoms. The molecule has 0 atom stereocenters. The quantitative estimate of drug-likeness (QED) is 0.722. The van der Waals surface area contributed by atoms with Crippen LogP contribution >= 0.6 is 0 Å². The summed E-state index contributed by atoms with van der Waals surface area (Å²) in [6.45, 7) is 3.84. The third kappa shape index (κ3) is 3.21. The van der Waals surface area contributed by atoms with Gasteiger partial charge >= 0.3 is 0 Å². The first-order valence-electron chi connectivity index (χ1n) is 5.90. The van der Waals surface area contributed by atoms with Crippen molar-refractivity contribution in [3.63, 3.8) is 0 Å². The Morgan fingerprint density at radius 1 is 1.14 bits per heavy atom. The zero-order valence-electron chi connectivity index (χ0n) is 8.84. The Labute approximate surface area is 85.9 Å². The molecule has 0 bridgehead atoms. The van der Waals surface area contributed by atoms with Crippen LogP contribution in [0.4, 0.5) is 4.39 Å². The maximum Gasteiger partial charge on any atom is 0.102 e. The number of nitrogens with zero attached hydrogens (tertiary/aromatic N) is 1. The molecule has 2 rings (SSSR count). The summed E-state index contributed by atoms with van der Waals surface area (Å²) in [7, 11) is 0. The van der Waals surface area contributed by atoms with Gasteiger partial charge in [0.15, 0.2) is 0 Å². The van der Waals surface area contributed by atoms with Crippen molar-refractivity contribution in [2.75, 3.05) is 32.9 Å². The van der Waals surface area contributed by atoms with Gasteiger partial charge in [0.2, 0.25) is 0 Å². The Kier molecular flexibility index (Phi) is 3.76. The summed E-state index contributed by atoms with van der Waals surface area (Å²) in [4.78, 5) is 2.24. The fourth-order valence-electron chi connectivity index (χ4n) is 2.15. The lowest BCUT2D eigenvalue weighted by atomic mass is 9.97. The van der Waals surface area contributed by atoms with E-state index in [1.807, 2.05) is 0 Å². The summed E-state index contributed by atoms with van der Waals surface area (Å²) in [5.74, 6) is 0.839. The largest absolute Gasteiger partial charge is 0.314 e. The van der Waals surface area contributed by atoms with E-state index >= 15 is 0 Å². The predicted octanol–water partition coefficient (Wildman–Crippen LogP) is 1.42. The van der Waals surface area contributed by atoms with Gasteiger partial charge in [0.05, 0.1) is 0 Å². The maximum absolute atomic E-state index is 12.1. The van der Waals surface area contributed by atoms with E-state index in [0.29, 0.717) is 6.54 Å². The van der Waals surface area contributed by atoms with Crippen molar-refractivity contribution in [1.29, 1.82) is 0 Å². The molecule has 82 valence electrons. The van der Waals surface area contributed by atoms with Gasteiger partial charge < -0.3 is 10.2 Å². The number of alkyl halides is 1. The van der Waals surface area contributed by atoms with E-state index < -0.39 is 0 Å². The number of rotatable bonds is 5. The van der Waals surface area contributed by atoms with Gasteiger partial charge in [-0.2, -0.15) is 0 Å². The van der Waals surface area contributed by atoms with Gasteiger partial charge in [-0.05, 0) is 51.2 Å². The summed E-state index contributed by atoms with van der Waals surface area (Å²) < 4.78 is 12.1. The minimum atomic E-state index is -0.189. The number of nitrogens with one attached hydrogen (secondary N) is 1. The molecule has 1 aliphatic heterocycles. The SMILES string of the molecule is FCCN1CCC(CNC2CC2)CC1. The third-order valence-corrected chi connectivity index (χ3v) is 3.38. The molecule has 0 aromatic carbocycles. The zero-order valence-corrected chi connectivity index (χ0v) is 8.84. The topological polar surface area (TPSA) is 15.3 Å². The average molecular weight is 200 g/mol. The normalized spacial score (nSPS) is 25.5. The van der Waals surface area contributed by atoms with E-state index in [-0.39, 0.29) is 6.67 Å². The molecular weight excluding hydrogens is 179 g/mol. The lowest BCUT2D eigenvalue weighted by Crippen LogP contribution is -2.38. The Hall–Kier alpha value is -0.150. The maximum atomic E-state index is 12.1. The molecule has 0 amide bonds. The van der Waals surface area contributed by atoms with Crippen LogP contribution in [0.5, 0.6) is 0 Å². The fraction of sp³-hybridized carbons (Fsp3) is 1.00. The standard InChI is InChI=1S/C11H21FN2/c12-5-8-14-6-3-10(4-7-14)9-13-11-1-2-11/h10-11,13H,1-9H2. The van der Waals surface area contributed by atoms with E-state index in [4.69, 9.17) is 0 Å². The molecule has 0 radical (unpaired) electrons. The summed E-state index contributed by atoms with van der Waals surface area (Å²) in [6.07, 6.45) is 5.25. The van der Waals surface area contributed by atoms with Crippen molar-refractivity contribution in [2.45, 2.75) is 31.7 Å². The monoisotopic (exact) mass is 200 g/mol. The van der Waals surface area contributed by atoms with Crippen molar-refractivity contribution in [1.82, 2.24) is 10.2 Å². The summed E-state index contributed by atoms with van der Waals surface area (Å²) >= 11 is 0. The van der Waals surface area contributed by atoms with Crippen LogP contribution in [0, 0.1) is 5.92 Å². The third-order valence-electron chi connectivity index (χ3n) is 3.38. The highest BCUT2D eigenvalue weighted by atomic mass is 19.1. The van der Waals surface area contributed by atoms with Crippen molar-refractivity contribution in [3.05, 3.63) is 0 Å². The lowest BCUT2D eigenvalue weighted by molar-refractivity contribution is 0.171. The van der Waals surface area contributed by atoms with Gasteiger partial charge in [0.25, 0.3) is 0 Å². The molecule has 2 aliphatic rings. The second-order valence-electron chi connectivity index (χ2n) is 4.66. The molecule has 2 fully saturated rings. The first kappa shape index (κ1) is 10.4. The van der Waals surface area contributed by atoms with Crippen molar-refractivity contribution >= 4 is 0 Å². The first-order chi connectivity index (χ1) is 6.88. The molecule has 1 aliphatic carbocycles. The van der Waals surface area contributed by atoms with E-state index in [1.54, 1.807) is 0 Å². The van der Waals surface area contributed by atoms with E-state index in [0.717, 1.165) is 25.0 Å². The second-order valence-corrected chi connectivity index (χ2v) is 4.66. The Balaban J connectivity index is 1.57. The number of likely N-dealkylation sites (tertiary alicyclic amines) is 1. The highest BCUT2D eigenvalue weighted by molar-refractivity contribution is 4.83. The fourth-order valence-corrected chi connectivity index (χ4v) is 2.15. The molecule has 0 aromatic rings. The Morgan fingerprint density at radius 2 is 1.86 bits per heavy atom. The molecule has 14 heavy (non-hydrogen) atoms. The summed E-state index contributed by atoms with van der Waals surface area (Å²) in [6, 6.07) is 0.832. The molecule has 0 unspecified atom stereocenters. The van der Waals surface area contributed by atoms with Gasteiger partial charge in [-0.3, -0.25) is 0 Å². The molecule has 1 saturated carbocycles. The van der Waals surface area contributed by atoms with Crippen LogP contribution in [0.25, 0.3) is 0 Å². The van der Waals surface area contributed by atoms with Crippen LogP contribution in [-0.4, -0.2) is 43.8 Å². The molecule has 3 heteroatoms. The van der Waals surface area contributed by atoms with Crippen LogP contribution in [0.2, 0.25) is 0 Å². The molecule has 1 heterocycles. The summed E-state index contributed by atoms with van der Waals surface area (Å²) in [5, 5.41) is 3.58. The number of hydrogen-bond acceptors (Lipinski definition) is 2. The molecule has 1 saturated heterocycles. The second kappa shape index (κ2) is 5.08. The van der Waals surface area contributed by atoms with E-state index in [1.165, 1.54) is 32.2 Å². The molecule has 2 nitrogen and oxygen atoms in total. The number of piperidine rings is 1. The van der Waals surface area contributed by atoms with Gasteiger partial charge in [-0.25, -0.2) is 4.39 Å². The smallest absolute Gasteiger partial charge is 0.102 e. The molecular formula is C11H21FN2. The highest BCUT2D eigenvalue weighted by Crippen LogP contribution is 2.21. The van der Waals surface area contributed by atoms with Gasteiger partial charge in [-0.1, -0.05) is 0 Å². The Morgan fingerprint density at radius 3 is 2.43 bits per heavy atom. The van der Waals surface area contributed by atoms with Crippen molar-refractivity contribution in [2.24, 2.45) is 5.92 Å². The summed E-state index contributed by atoms with van der Waals surface area (Å²) in [5.41, 5.74) is 0. The predicted molar refractivity (Wildman–Crippen MR) is 56.2 cm³/mol. The van der Waals surface area contributed by atoms with Crippen molar-refractivity contribution < 1.29 is 4.39 Å².